The van der Waals surface area contributed by atoms with E-state index in [2.05, 4.69) is 126 Å². The molecule has 0 aromatic heterocycles. The number of cyclic esters (lactones) is 4. The van der Waals surface area contributed by atoms with Gasteiger partial charge in [-0.2, -0.15) is 22.7 Å². The number of hydrogen-bond acceptors (Lipinski definition) is 13. The first-order valence-corrected chi connectivity index (χ1v) is 24.1. The van der Waals surface area contributed by atoms with E-state index in [0.29, 0.717) is 49.8 Å². The number of aliphatic hydroxyl groups is 2. The van der Waals surface area contributed by atoms with Crippen molar-refractivity contribution in [1.29, 1.82) is 0 Å². The van der Waals surface area contributed by atoms with Crippen LogP contribution in [-0.2, 0) is 102 Å². The molecule has 4 aromatic rings. The molecule has 5 atom stereocenters. The van der Waals surface area contributed by atoms with Gasteiger partial charge in [0.25, 0.3) is 0 Å². The van der Waals surface area contributed by atoms with Crippen LogP contribution in [0.3, 0.4) is 0 Å². The number of amides is 5. The number of rotatable bonds is 10. The molecule has 4 saturated heterocycles. The Kier molecular flexibility index (Phi) is 47.9. The van der Waals surface area contributed by atoms with Crippen molar-refractivity contribution in [2.45, 2.75) is 50.8 Å². The molecule has 76 heavy (non-hydrogen) atoms. The van der Waals surface area contributed by atoms with Crippen molar-refractivity contribution in [1.82, 2.24) is 4.90 Å². The molecular weight excluding hydrogens is 2400 g/mol. The van der Waals surface area contributed by atoms with Crippen molar-refractivity contribution in [2.75, 3.05) is 79.2 Å². The summed E-state index contributed by atoms with van der Waals surface area (Å²) in [5, 5.41) is 17.7. The van der Waals surface area contributed by atoms with Crippen molar-refractivity contribution in [2.24, 2.45) is 0 Å². The van der Waals surface area contributed by atoms with Gasteiger partial charge in [0.2, 0.25) is 0 Å². The molecule has 30 heteroatoms. The summed E-state index contributed by atoms with van der Waals surface area (Å²) in [4.78, 5) is 65.6. The number of carbonyl (C=O) groups is 5. The molecule has 4 aliphatic rings. The average Bonchev–Trinajstić information content (AvgIpc) is 4.09. The van der Waals surface area contributed by atoms with Gasteiger partial charge >= 0.3 is 30.5 Å². The fourth-order valence-electron chi connectivity index (χ4n) is 6.17. The maximum Gasteiger partial charge on any atom is 0.410 e. The predicted octanol–water partition coefficient (Wildman–Crippen LogP) is 6.91. The van der Waals surface area contributed by atoms with Crippen LogP contribution < -0.4 is 19.6 Å². The Morgan fingerprint density at radius 3 is 1.18 bits per heavy atom. The van der Waals surface area contributed by atoms with Crippen molar-refractivity contribution in [3.05, 3.63) is 114 Å². The second-order valence-electron chi connectivity index (χ2n) is 15.7. The van der Waals surface area contributed by atoms with Crippen molar-refractivity contribution < 1.29 is 261 Å². The quantitative estimate of drug-likeness (QED) is 0.0720. The number of aliphatic hydroxyl groups excluding tert-OH is 2. The standard InChI is InChI=1S/C16H19IN2O4.C10H9INO3P.C10H8INO3.C10H9NO3.4U.4V/c1-16(2,3)23-14(20)18(4)9-13-10-19(15(21)22-13)12-7-5-11(17)6-8-12;11-7-1-3-8(4-2-7)12-5-9(6-14-16)15-10(12)13;11-7-1-3-8(4-2-7)12-5-9(6-13)15-10(12)14;12-7-9-6-11(10(13)14-9)8-4-2-1-3-5-8;;;;;;;;/h7-8,13H,9-10H2,1-4H3;3-4,9H,5-6,16H2;3-4,9,13H,5-6H2;1,4-5,9,12H,6-7H2;;;;;;;;/q4*-2;;;;;;;;/t13-;3*9-;;;;;;;;/m0111......../s1. The molecule has 4 aromatic carbocycles. The second kappa shape index (κ2) is 43.0. The largest absolute Gasteiger partial charge is 0.444 e. The molecule has 18 nitrogen and oxygen atoms in total. The van der Waals surface area contributed by atoms with Crippen LogP contribution in [0.2, 0.25) is 0 Å². The van der Waals surface area contributed by atoms with Gasteiger partial charge < -0.3 is 118 Å². The van der Waals surface area contributed by atoms with E-state index in [9.17, 15) is 24.0 Å². The van der Waals surface area contributed by atoms with Gasteiger partial charge in [0.15, 0.2) is 0 Å². The van der Waals surface area contributed by atoms with Gasteiger partial charge in [-0.25, -0.2) is 34.7 Å². The van der Waals surface area contributed by atoms with Gasteiger partial charge in [0.05, 0.1) is 26.4 Å². The first-order chi connectivity index (χ1) is 32.4. The summed E-state index contributed by atoms with van der Waals surface area (Å²) >= 11 is 6.30. The number of hydrogen-bond donors (Lipinski definition) is 2. The summed E-state index contributed by atoms with van der Waals surface area (Å²) in [6, 6.07) is 38.9. The van der Waals surface area contributed by atoms with Gasteiger partial charge in [-0.15, -0.1) is 67.8 Å². The Morgan fingerprint density at radius 2 is 0.882 bits per heavy atom. The summed E-state index contributed by atoms with van der Waals surface area (Å²) < 4.78 is 33.0. The van der Waals surface area contributed by atoms with E-state index in [0.717, 1.165) is 16.4 Å². The zero-order chi connectivity index (χ0) is 49.5. The number of likely N-dealkylation sites (N-methyl/N-ethyl adjacent to an activating group) is 1. The van der Waals surface area contributed by atoms with Gasteiger partial charge in [0.1, 0.15) is 30.0 Å². The Labute approximate surface area is 629 Å². The molecule has 1 unspecified atom stereocenters. The Morgan fingerprint density at radius 1 is 0.592 bits per heavy atom. The van der Waals surface area contributed by atoms with Crippen molar-refractivity contribution in [3.8, 4) is 0 Å². The topological polar surface area (TPSA) is 197 Å². The molecule has 0 bridgehead atoms. The summed E-state index contributed by atoms with van der Waals surface area (Å²) in [7, 11) is 3.77. The molecule has 0 spiro atoms. The van der Waals surface area contributed by atoms with Crippen LogP contribution in [0.4, 0.5) is 46.7 Å². The molecule has 2 N–H and O–H groups in total. The third-order valence-electron chi connectivity index (χ3n) is 9.32. The van der Waals surface area contributed by atoms with Gasteiger partial charge in [-0.3, -0.25) is 48.5 Å². The number of carbonyl (C=O) groups excluding carboxylic acids is 5. The molecule has 4 radical (unpaired) electrons. The first-order valence-electron chi connectivity index (χ1n) is 20.4. The Bertz CT molecular complexity index is 2340. The van der Waals surface area contributed by atoms with Crippen molar-refractivity contribution >= 4 is 130 Å². The van der Waals surface area contributed by atoms with E-state index in [-0.39, 0.29) is 231 Å². The third kappa shape index (κ3) is 28.0. The van der Waals surface area contributed by atoms with Crippen LogP contribution in [0.1, 0.15) is 20.8 Å². The van der Waals surface area contributed by atoms with E-state index in [1.807, 2.05) is 0 Å². The zero-order valence-electron chi connectivity index (χ0n) is 40.8. The monoisotopic (exact) mass is 2440 g/mol. The molecule has 5 amide bonds. The van der Waals surface area contributed by atoms with Crippen molar-refractivity contribution in [3.63, 3.8) is 0 Å². The van der Waals surface area contributed by atoms with Gasteiger partial charge in [-0.05, 0) is 20.8 Å². The van der Waals surface area contributed by atoms with Gasteiger partial charge in [0, 0.05) is 241 Å². The van der Waals surface area contributed by atoms with E-state index in [1.165, 1.54) is 19.6 Å². The third-order valence-corrected chi connectivity index (χ3v) is 11.4. The molecule has 4 aliphatic heterocycles. The van der Waals surface area contributed by atoms with E-state index in [4.69, 9.17) is 38.4 Å². The fourth-order valence-corrected chi connectivity index (χ4v) is 7.32. The normalized spacial score (nSPS) is 17.6. The molecular formula is C46H45I3N5O13PU4V4-8. The minimum Gasteiger partial charge on any atom is -0.444 e. The fraction of sp³-hybridized carbons (Fsp3) is 0.370. The molecule has 402 valence electrons. The SMILES string of the molecule is CN(C[C@H]1CN(c2c[c-]c(I)[c-]c2)C(=O)O1)C(=O)OC(C)(C)C.O=C1O[C@@H](CO)CN1c1c[c-]c(I)[c-]c1.O=C1O[C@@H](CO)CN1c1c[c-]c[c-]c1.O=C1O[C@@H](COP)CN1c1c[c-]c(I)[c-]c1.[U].[U].[U].[U].[V].[V].[V].[V]. The van der Waals surface area contributed by atoms with Crippen LogP contribution in [-0.4, -0.2) is 135 Å². The van der Waals surface area contributed by atoms with Crippen LogP contribution in [0.5, 0.6) is 0 Å². The molecule has 4 fully saturated rings. The number of halogens is 3. The number of benzene rings is 4. The Hall–Kier alpha value is 2.28. The second-order valence-corrected chi connectivity index (χ2v) is 19.2. The van der Waals surface area contributed by atoms with E-state index >= 15 is 0 Å². The van der Waals surface area contributed by atoms with Crippen LogP contribution in [0.15, 0.2) is 54.6 Å². The maximum absolute atomic E-state index is 12.0. The number of anilines is 4. The van der Waals surface area contributed by atoms with Crippen LogP contribution in [0.25, 0.3) is 0 Å². The molecule has 0 saturated carbocycles. The maximum atomic E-state index is 12.0. The smallest absolute Gasteiger partial charge is 0.410 e. The number of nitrogens with zero attached hydrogens (tertiary/aromatic N) is 5. The van der Waals surface area contributed by atoms with Crippen LogP contribution in [0, 0.1) is 184 Å². The minimum absolute atomic E-state index is 0. The minimum atomic E-state index is -0.559. The first kappa shape index (κ1) is 84.7. The van der Waals surface area contributed by atoms with E-state index < -0.39 is 48.3 Å². The molecule has 4 heterocycles. The summed E-state index contributed by atoms with van der Waals surface area (Å²) in [6.45, 7) is 7.38. The van der Waals surface area contributed by atoms with Crippen LogP contribution >= 0.6 is 77.2 Å². The number of ether oxygens (including phenoxy) is 5. The Balaban J connectivity index is -0.000000447. The summed E-state index contributed by atoms with van der Waals surface area (Å²) in [5.74, 6) is 0. The average molecular weight is 2440 g/mol. The zero-order valence-corrected chi connectivity index (χ0v) is 70.7. The molecule has 0 aliphatic carbocycles. The molecule has 8 rings (SSSR count). The summed E-state index contributed by atoms with van der Waals surface area (Å²) in [5.41, 5.74) is 2.25. The van der Waals surface area contributed by atoms with Gasteiger partial charge in [-0.1, -0.05) is 0 Å². The predicted molar refractivity (Wildman–Crippen MR) is 274 cm³/mol. The van der Waals surface area contributed by atoms with E-state index in [1.54, 1.807) is 87.3 Å². The summed E-state index contributed by atoms with van der Waals surface area (Å²) in [6.07, 6.45) is -3.58.